The van der Waals surface area contributed by atoms with E-state index in [4.69, 9.17) is 5.73 Å². The van der Waals surface area contributed by atoms with Gasteiger partial charge in [0, 0.05) is 17.7 Å². The summed E-state index contributed by atoms with van der Waals surface area (Å²) in [4.78, 5) is 7.42. The van der Waals surface area contributed by atoms with Crippen molar-refractivity contribution in [2.45, 2.75) is 6.54 Å². The van der Waals surface area contributed by atoms with Crippen LogP contribution in [0.1, 0.15) is 5.56 Å². The molecule has 0 bridgehead atoms. The van der Waals surface area contributed by atoms with Crippen LogP contribution in [0, 0.1) is 11.6 Å². The van der Waals surface area contributed by atoms with Crippen LogP contribution in [0.25, 0.3) is 22.6 Å². The molecule has 0 unspecified atom stereocenters. The maximum Gasteiger partial charge on any atom is 0.137 e. The normalized spacial score (nSPS) is 10.8. The van der Waals surface area contributed by atoms with E-state index in [-0.39, 0.29) is 18.2 Å². The summed E-state index contributed by atoms with van der Waals surface area (Å²) >= 11 is 0. The number of hydrogen-bond acceptors (Lipinski definition) is 2. The summed E-state index contributed by atoms with van der Waals surface area (Å²) in [6.45, 7) is 0.130. The molecule has 0 atom stereocenters. The predicted octanol–water partition coefficient (Wildman–Crippen LogP) is 3.48. The molecule has 0 fully saturated rings. The highest BCUT2D eigenvalue weighted by Gasteiger charge is 2.08. The summed E-state index contributed by atoms with van der Waals surface area (Å²) in [6, 6.07) is 10.8. The number of aromatic nitrogens is 2. The Kier molecular flexibility index (Phi) is 3.50. The van der Waals surface area contributed by atoms with Gasteiger partial charge in [0.2, 0.25) is 0 Å². The second-order valence-electron chi connectivity index (χ2n) is 4.66. The Morgan fingerprint density at radius 3 is 2.43 bits per heavy atom. The minimum atomic E-state index is -0.327. The van der Waals surface area contributed by atoms with Gasteiger partial charge in [0.1, 0.15) is 17.5 Å². The monoisotopic (exact) mass is 285 g/mol. The lowest BCUT2D eigenvalue weighted by Gasteiger charge is -2.03. The van der Waals surface area contributed by atoms with Crippen molar-refractivity contribution in [3.8, 4) is 22.6 Å². The Balaban J connectivity index is 1.96. The van der Waals surface area contributed by atoms with Crippen LogP contribution in [-0.2, 0) is 6.54 Å². The van der Waals surface area contributed by atoms with E-state index in [2.05, 4.69) is 9.97 Å². The Bertz CT molecular complexity index is 763. The highest BCUT2D eigenvalue weighted by Crippen LogP contribution is 2.23. The molecule has 21 heavy (non-hydrogen) atoms. The molecule has 2 aromatic carbocycles. The second kappa shape index (κ2) is 5.46. The van der Waals surface area contributed by atoms with Gasteiger partial charge < -0.3 is 10.7 Å². The third-order valence-corrected chi connectivity index (χ3v) is 3.27. The number of nitrogens with zero attached hydrogens (tertiary/aromatic N) is 1. The fourth-order valence-corrected chi connectivity index (χ4v) is 2.12. The molecule has 0 aliphatic heterocycles. The molecule has 3 aromatic rings. The molecule has 0 amide bonds. The summed E-state index contributed by atoms with van der Waals surface area (Å²) in [5, 5.41) is 0. The third kappa shape index (κ3) is 2.68. The molecule has 0 saturated heterocycles. The van der Waals surface area contributed by atoms with Crippen LogP contribution in [0.3, 0.4) is 0 Å². The van der Waals surface area contributed by atoms with Crippen LogP contribution in [0.4, 0.5) is 8.78 Å². The molecule has 3 nitrogen and oxygen atoms in total. The van der Waals surface area contributed by atoms with Crippen molar-refractivity contribution in [2.24, 2.45) is 5.73 Å². The zero-order valence-corrected chi connectivity index (χ0v) is 11.1. The van der Waals surface area contributed by atoms with Gasteiger partial charge in [0.15, 0.2) is 0 Å². The summed E-state index contributed by atoms with van der Waals surface area (Å²) < 4.78 is 26.4. The molecule has 3 N–H and O–H groups in total. The highest BCUT2D eigenvalue weighted by molar-refractivity contribution is 5.64. The van der Waals surface area contributed by atoms with Crippen molar-refractivity contribution in [3.05, 3.63) is 65.9 Å². The Labute approximate surface area is 120 Å². The lowest BCUT2D eigenvalue weighted by molar-refractivity contribution is 0.611. The minimum Gasteiger partial charge on any atom is -0.338 e. The minimum absolute atomic E-state index is 0.130. The average Bonchev–Trinajstić information content (AvgIpc) is 2.98. The van der Waals surface area contributed by atoms with Crippen molar-refractivity contribution in [2.75, 3.05) is 0 Å². The lowest BCUT2D eigenvalue weighted by atomic mass is 10.1. The van der Waals surface area contributed by atoms with Crippen molar-refractivity contribution in [1.29, 1.82) is 0 Å². The Hall–Kier alpha value is -2.53. The van der Waals surface area contributed by atoms with Crippen LogP contribution in [0.5, 0.6) is 0 Å². The number of rotatable bonds is 3. The van der Waals surface area contributed by atoms with Gasteiger partial charge in [-0.1, -0.05) is 0 Å². The van der Waals surface area contributed by atoms with E-state index in [1.807, 2.05) is 0 Å². The van der Waals surface area contributed by atoms with E-state index in [0.29, 0.717) is 11.4 Å². The van der Waals surface area contributed by atoms with Crippen molar-refractivity contribution < 1.29 is 8.78 Å². The molecular formula is C16H13F2N3. The Morgan fingerprint density at radius 2 is 1.71 bits per heavy atom. The quantitative estimate of drug-likeness (QED) is 0.774. The standard InChI is InChI=1S/C16H13F2N3/c17-13-4-1-10(2-5-13)15-9-20-16(21-15)11-3-6-14(18)12(7-11)8-19/h1-7,9H,8,19H2,(H,20,21). The number of nitrogens with one attached hydrogen (secondary N) is 1. The first kappa shape index (κ1) is 13.5. The molecule has 5 heteroatoms. The lowest BCUT2D eigenvalue weighted by Crippen LogP contribution is -2.00. The van der Waals surface area contributed by atoms with Crippen molar-refractivity contribution in [3.63, 3.8) is 0 Å². The van der Waals surface area contributed by atoms with Gasteiger partial charge in [-0.3, -0.25) is 0 Å². The number of nitrogens with two attached hydrogens (primary N) is 1. The average molecular weight is 285 g/mol. The fraction of sp³-hybridized carbons (Fsp3) is 0.0625. The Morgan fingerprint density at radius 1 is 1.00 bits per heavy atom. The highest BCUT2D eigenvalue weighted by atomic mass is 19.1. The van der Waals surface area contributed by atoms with Crippen LogP contribution >= 0.6 is 0 Å². The molecular weight excluding hydrogens is 272 g/mol. The van der Waals surface area contributed by atoms with Gasteiger partial charge in [-0.2, -0.15) is 0 Å². The largest absolute Gasteiger partial charge is 0.338 e. The summed E-state index contributed by atoms with van der Waals surface area (Å²) in [5.74, 6) is 0.000185. The molecule has 0 aliphatic carbocycles. The van der Waals surface area contributed by atoms with E-state index >= 15 is 0 Å². The van der Waals surface area contributed by atoms with Crippen LogP contribution < -0.4 is 5.73 Å². The smallest absolute Gasteiger partial charge is 0.137 e. The van der Waals surface area contributed by atoms with Crippen LogP contribution in [0.2, 0.25) is 0 Å². The van der Waals surface area contributed by atoms with Gasteiger partial charge in [0.25, 0.3) is 0 Å². The van der Waals surface area contributed by atoms with Gasteiger partial charge in [-0.25, -0.2) is 13.8 Å². The zero-order valence-electron chi connectivity index (χ0n) is 11.1. The van der Waals surface area contributed by atoms with E-state index in [0.717, 1.165) is 16.8 Å². The second-order valence-corrected chi connectivity index (χ2v) is 4.66. The first-order valence-corrected chi connectivity index (χ1v) is 6.47. The molecule has 106 valence electrons. The maximum absolute atomic E-state index is 13.4. The fourth-order valence-electron chi connectivity index (χ4n) is 2.12. The molecule has 0 saturated carbocycles. The molecule has 0 radical (unpaired) electrons. The molecule has 1 heterocycles. The van der Waals surface area contributed by atoms with E-state index in [9.17, 15) is 8.78 Å². The van der Waals surface area contributed by atoms with Crippen LogP contribution in [0.15, 0.2) is 48.7 Å². The number of halogens is 2. The summed E-state index contributed by atoms with van der Waals surface area (Å²) in [5.41, 5.74) is 8.29. The zero-order chi connectivity index (χ0) is 14.8. The van der Waals surface area contributed by atoms with E-state index in [1.54, 1.807) is 30.5 Å². The van der Waals surface area contributed by atoms with Gasteiger partial charge in [-0.15, -0.1) is 0 Å². The van der Waals surface area contributed by atoms with Crippen LogP contribution in [-0.4, -0.2) is 9.97 Å². The molecule has 1 aromatic heterocycles. The first-order valence-electron chi connectivity index (χ1n) is 6.47. The number of H-pyrrole nitrogens is 1. The SMILES string of the molecule is NCc1cc(-c2ncc(-c3ccc(F)cc3)[nH]2)ccc1F. The van der Waals surface area contributed by atoms with E-state index < -0.39 is 0 Å². The van der Waals surface area contributed by atoms with Crippen molar-refractivity contribution >= 4 is 0 Å². The molecule has 3 rings (SSSR count). The van der Waals surface area contributed by atoms with Gasteiger partial charge >= 0.3 is 0 Å². The number of benzene rings is 2. The summed E-state index contributed by atoms with van der Waals surface area (Å²) in [7, 11) is 0. The first-order chi connectivity index (χ1) is 10.2. The van der Waals surface area contributed by atoms with Crippen molar-refractivity contribution in [1.82, 2.24) is 9.97 Å². The molecule has 0 spiro atoms. The van der Waals surface area contributed by atoms with E-state index in [1.165, 1.54) is 18.2 Å². The maximum atomic E-state index is 13.4. The summed E-state index contributed by atoms with van der Waals surface area (Å²) in [6.07, 6.45) is 1.66. The topological polar surface area (TPSA) is 54.7 Å². The predicted molar refractivity (Wildman–Crippen MR) is 77.3 cm³/mol. The molecule has 0 aliphatic rings. The van der Waals surface area contributed by atoms with Gasteiger partial charge in [-0.05, 0) is 48.0 Å². The number of aromatic amines is 1. The number of hydrogen-bond donors (Lipinski definition) is 2. The van der Waals surface area contributed by atoms with Gasteiger partial charge in [0.05, 0.1) is 11.9 Å². The number of imidazole rings is 1. The third-order valence-electron chi connectivity index (χ3n) is 3.27.